The molecule has 0 aliphatic carbocycles. The molecule has 0 bridgehead atoms. The molecule has 2 amide bonds. The average molecular weight is 323 g/mol. The second-order valence-electron chi connectivity index (χ2n) is 5.88. The number of hydrogen-bond donors (Lipinski definition) is 1. The fourth-order valence-electron chi connectivity index (χ4n) is 2.64. The van der Waals surface area contributed by atoms with E-state index in [1.54, 1.807) is 24.3 Å². The molecule has 1 heterocycles. The van der Waals surface area contributed by atoms with E-state index in [0.717, 1.165) is 32.4 Å². The summed E-state index contributed by atoms with van der Waals surface area (Å²) < 4.78 is 0. The molecule has 2 rings (SSSR count). The van der Waals surface area contributed by atoms with Crippen LogP contribution in [0.1, 0.15) is 43.5 Å². The van der Waals surface area contributed by atoms with Gasteiger partial charge in [0.1, 0.15) is 6.04 Å². The molecule has 1 saturated heterocycles. The molecule has 0 spiro atoms. The van der Waals surface area contributed by atoms with Crippen LogP contribution in [0.3, 0.4) is 0 Å². The number of rotatable bonds is 5. The van der Waals surface area contributed by atoms with Gasteiger partial charge in [0.05, 0.1) is 0 Å². The standard InChI is InChI=1S/C17H23ClN2O2/c1-3-12(2)15(17(22)20-10-4-5-11-20)19-16(21)13-6-8-14(18)9-7-13/h6-9,12,15H,3-5,10-11H2,1-2H3,(H,19,21). The highest BCUT2D eigenvalue weighted by molar-refractivity contribution is 6.30. The number of benzene rings is 1. The Balaban J connectivity index is 2.10. The van der Waals surface area contributed by atoms with E-state index in [9.17, 15) is 9.59 Å². The molecule has 2 atom stereocenters. The Bertz CT molecular complexity index is 524. The van der Waals surface area contributed by atoms with Gasteiger partial charge in [-0.3, -0.25) is 9.59 Å². The van der Waals surface area contributed by atoms with Crippen molar-refractivity contribution in [3.8, 4) is 0 Å². The number of carbonyl (C=O) groups excluding carboxylic acids is 2. The van der Waals surface area contributed by atoms with E-state index in [2.05, 4.69) is 5.32 Å². The maximum atomic E-state index is 12.7. The van der Waals surface area contributed by atoms with Crippen molar-refractivity contribution in [3.63, 3.8) is 0 Å². The normalized spacial score (nSPS) is 17.1. The highest BCUT2D eigenvalue weighted by atomic mass is 35.5. The Morgan fingerprint density at radius 2 is 1.82 bits per heavy atom. The van der Waals surface area contributed by atoms with Crippen molar-refractivity contribution >= 4 is 23.4 Å². The predicted molar refractivity (Wildman–Crippen MR) is 88.0 cm³/mol. The number of likely N-dealkylation sites (tertiary alicyclic amines) is 1. The number of amides is 2. The van der Waals surface area contributed by atoms with Gasteiger partial charge in [-0.05, 0) is 43.0 Å². The summed E-state index contributed by atoms with van der Waals surface area (Å²) in [5, 5.41) is 3.49. The summed E-state index contributed by atoms with van der Waals surface area (Å²) in [7, 11) is 0. The van der Waals surface area contributed by atoms with E-state index in [1.165, 1.54) is 0 Å². The monoisotopic (exact) mass is 322 g/mol. The zero-order valence-corrected chi connectivity index (χ0v) is 13.9. The molecule has 120 valence electrons. The molecule has 1 aliphatic heterocycles. The van der Waals surface area contributed by atoms with Crippen molar-refractivity contribution in [2.75, 3.05) is 13.1 Å². The Morgan fingerprint density at radius 3 is 2.36 bits per heavy atom. The van der Waals surface area contributed by atoms with Crippen molar-refractivity contribution < 1.29 is 9.59 Å². The van der Waals surface area contributed by atoms with Crippen molar-refractivity contribution in [1.29, 1.82) is 0 Å². The van der Waals surface area contributed by atoms with Gasteiger partial charge in [-0.2, -0.15) is 0 Å². The molecular weight excluding hydrogens is 300 g/mol. The first-order valence-corrected chi connectivity index (χ1v) is 8.26. The van der Waals surface area contributed by atoms with Crippen LogP contribution < -0.4 is 5.32 Å². The van der Waals surface area contributed by atoms with E-state index in [-0.39, 0.29) is 17.7 Å². The highest BCUT2D eigenvalue weighted by Gasteiger charge is 2.31. The first-order chi connectivity index (χ1) is 10.5. The number of halogens is 1. The minimum atomic E-state index is -0.466. The highest BCUT2D eigenvalue weighted by Crippen LogP contribution is 2.16. The van der Waals surface area contributed by atoms with Crippen LogP contribution in [-0.2, 0) is 4.79 Å². The molecule has 1 N–H and O–H groups in total. The molecule has 4 nitrogen and oxygen atoms in total. The first-order valence-electron chi connectivity index (χ1n) is 7.88. The zero-order chi connectivity index (χ0) is 16.1. The minimum Gasteiger partial charge on any atom is -0.341 e. The molecule has 1 aromatic carbocycles. The van der Waals surface area contributed by atoms with Gasteiger partial charge in [0.25, 0.3) is 5.91 Å². The van der Waals surface area contributed by atoms with Gasteiger partial charge in [0.15, 0.2) is 0 Å². The van der Waals surface area contributed by atoms with Crippen LogP contribution in [0.25, 0.3) is 0 Å². The maximum absolute atomic E-state index is 12.7. The van der Waals surface area contributed by atoms with E-state index in [4.69, 9.17) is 11.6 Å². The summed E-state index contributed by atoms with van der Waals surface area (Å²) in [6.45, 7) is 5.62. The van der Waals surface area contributed by atoms with E-state index in [0.29, 0.717) is 10.6 Å². The van der Waals surface area contributed by atoms with Crippen LogP contribution >= 0.6 is 11.6 Å². The van der Waals surface area contributed by atoms with Gasteiger partial charge in [0.2, 0.25) is 5.91 Å². The Labute approximate surface area is 136 Å². The molecular formula is C17H23ClN2O2. The lowest BCUT2D eigenvalue weighted by Gasteiger charge is -2.28. The SMILES string of the molecule is CCC(C)C(NC(=O)c1ccc(Cl)cc1)C(=O)N1CCCC1. The lowest BCUT2D eigenvalue weighted by atomic mass is 9.97. The smallest absolute Gasteiger partial charge is 0.251 e. The molecule has 22 heavy (non-hydrogen) atoms. The number of nitrogens with zero attached hydrogens (tertiary/aromatic N) is 1. The third-order valence-corrected chi connectivity index (χ3v) is 4.54. The van der Waals surface area contributed by atoms with Gasteiger partial charge in [-0.15, -0.1) is 0 Å². The molecule has 5 heteroatoms. The molecule has 0 radical (unpaired) electrons. The summed E-state index contributed by atoms with van der Waals surface area (Å²) in [4.78, 5) is 26.9. The fourth-order valence-corrected chi connectivity index (χ4v) is 2.77. The second-order valence-corrected chi connectivity index (χ2v) is 6.31. The van der Waals surface area contributed by atoms with E-state index < -0.39 is 6.04 Å². The maximum Gasteiger partial charge on any atom is 0.251 e. The van der Waals surface area contributed by atoms with Crippen LogP contribution in [-0.4, -0.2) is 35.8 Å². The number of carbonyl (C=O) groups is 2. The van der Waals surface area contributed by atoms with Crippen molar-refractivity contribution in [2.24, 2.45) is 5.92 Å². The molecule has 2 unspecified atom stereocenters. The lowest BCUT2D eigenvalue weighted by molar-refractivity contribution is -0.133. The first kappa shape index (κ1) is 16.8. The van der Waals surface area contributed by atoms with Crippen LogP contribution in [0.15, 0.2) is 24.3 Å². The van der Waals surface area contributed by atoms with Gasteiger partial charge in [0, 0.05) is 23.7 Å². The summed E-state index contributed by atoms with van der Waals surface area (Å²) in [6.07, 6.45) is 2.93. The van der Waals surface area contributed by atoms with Crippen molar-refractivity contribution in [1.82, 2.24) is 10.2 Å². The summed E-state index contributed by atoms with van der Waals surface area (Å²) in [5.41, 5.74) is 0.520. The molecule has 0 saturated carbocycles. The third-order valence-electron chi connectivity index (χ3n) is 4.29. The van der Waals surface area contributed by atoms with Crippen molar-refractivity contribution in [2.45, 2.75) is 39.2 Å². The average Bonchev–Trinajstić information content (AvgIpc) is 3.06. The minimum absolute atomic E-state index is 0.0363. The number of hydrogen-bond acceptors (Lipinski definition) is 2. The van der Waals surface area contributed by atoms with Crippen LogP contribution in [0, 0.1) is 5.92 Å². The van der Waals surface area contributed by atoms with Gasteiger partial charge in [-0.25, -0.2) is 0 Å². The summed E-state index contributed by atoms with van der Waals surface area (Å²) in [5.74, 6) is -0.0898. The quantitative estimate of drug-likeness (QED) is 0.905. The molecule has 1 aliphatic rings. The predicted octanol–water partition coefficient (Wildman–Crippen LogP) is 3.11. The Hall–Kier alpha value is -1.55. The van der Waals surface area contributed by atoms with Crippen LogP contribution in [0.2, 0.25) is 5.02 Å². The summed E-state index contributed by atoms with van der Waals surface area (Å²) >= 11 is 5.84. The third kappa shape index (κ3) is 4.01. The van der Waals surface area contributed by atoms with Crippen molar-refractivity contribution in [3.05, 3.63) is 34.9 Å². The van der Waals surface area contributed by atoms with Crippen LogP contribution in [0.4, 0.5) is 0 Å². The summed E-state index contributed by atoms with van der Waals surface area (Å²) in [6, 6.07) is 6.23. The lowest BCUT2D eigenvalue weighted by Crippen LogP contribution is -2.51. The van der Waals surface area contributed by atoms with Gasteiger partial charge in [-0.1, -0.05) is 31.9 Å². The molecule has 0 aromatic heterocycles. The van der Waals surface area contributed by atoms with E-state index in [1.807, 2.05) is 18.7 Å². The second kappa shape index (κ2) is 7.63. The van der Waals surface area contributed by atoms with E-state index >= 15 is 0 Å². The Morgan fingerprint density at radius 1 is 1.23 bits per heavy atom. The molecule has 1 aromatic rings. The topological polar surface area (TPSA) is 49.4 Å². The largest absolute Gasteiger partial charge is 0.341 e. The Kier molecular flexibility index (Phi) is 5.83. The number of nitrogens with one attached hydrogen (secondary N) is 1. The van der Waals surface area contributed by atoms with Gasteiger partial charge >= 0.3 is 0 Å². The molecule has 1 fully saturated rings. The van der Waals surface area contributed by atoms with Crippen LogP contribution in [0.5, 0.6) is 0 Å². The fraction of sp³-hybridized carbons (Fsp3) is 0.529. The van der Waals surface area contributed by atoms with Gasteiger partial charge < -0.3 is 10.2 Å². The zero-order valence-electron chi connectivity index (χ0n) is 13.1.